The van der Waals surface area contributed by atoms with E-state index in [-0.39, 0.29) is 34.6 Å². The van der Waals surface area contributed by atoms with Crippen LogP contribution in [0.5, 0.6) is 0 Å². The summed E-state index contributed by atoms with van der Waals surface area (Å²) in [5, 5.41) is 11.6. The molecule has 0 atom stereocenters. The zero-order valence-electron chi connectivity index (χ0n) is 13.4. The molecule has 1 heterocycles. The molecule has 128 valence electrons. The molecule has 8 heteroatoms. The lowest BCUT2D eigenvalue weighted by Gasteiger charge is -2.11. The van der Waals surface area contributed by atoms with Crippen LogP contribution in [-0.2, 0) is 9.53 Å². The van der Waals surface area contributed by atoms with Gasteiger partial charge in [0.25, 0.3) is 5.91 Å². The Kier molecular flexibility index (Phi) is 5.39. The molecule has 0 fully saturated rings. The van der Waals surface area contributed by atoms with Crippen LogP contribution in [0.4, 0.5) is 8.78 Å². The summed E-state index contributed by atoms with van der Waals surface area (Å²) in [6.07, 6.45) is 0. The smallest absolute Gasteiger partial charge is 0.325 e. The van der Waals surface area contributed by atoms with Crippen molar-refractivity contribution in [3.05, 3.63) is 52.9 Å². The Balaban J connectivity index is 2.49. The molecule has 0 spiro atoms. The minimum absolute atomic E-state index is 0.0366. The number of aryl methyl sites for hydroxylation is 1. The van der Waals surface area contributed by atoms with E-state index < -0.39 is 23.5 Å². The van der Waals surface area contributed by atoms with E-state index in [1.807, 2.05) is 6.07 Å². The minimum Gasteiger partial charge on any atom is -0.468 e. The van der Waals surface area contributed by atoms with E-state index in [1.54, 1.807) is 0 Å². The zero-order chi connectivity index (χ0) is 18.6. The van der Waals surface area contributed by atoms with Crippen LogP contribution in [-0.4, -0.2) is 30.5 Å². The summed E-state index contributed by atoms with van der Waals surface area (Å²) in [6, 6.07) is 6.03. The number of benzene rings is 1. The standard InChI is InChI=1S/C17H13F2N3O3/c1-9-13(7-20)12(11-4-3-10(18)5-14(11)19)6-15(22-9)17(24)21-8-16(23)25-2/h3-6H,8H2,1-2H3,(H,21,24). The average Bonchev–Trinajstić information content (AvgIpc) is 2.58. The average molecular weight is 345 g/mol. The van der Waals surface area contributed by atoms with Crippen molar-refractivity contribution >= 4 is 11.9 Å². The van der Waals surface area contributed by atoms with E-state index in [0.717, 1.165) is 6.07 Å². The molecule has 1 amide bonds. The van der Waals surface area contributed by atoms with Gasteiger partial charge in [0.15, 0.2) is 0 Å². The predicted molar refractivity (Wildman–Crippen MR) is 83.4 cm³/mol. The number of amides is 1. The highest BCUT2D eigenvalue weighted by Gasteiger charge is 2.18. The van der Waals surface area contributed by atoms with E-state index in [4.69, 9.17) is 0 Å². The number of hydrogen-bond acceptors (Lipinski definition) is 5. The number of methoxy groups -OCH3 is 1. The number of aromatic nitrogens is 1. The number of carbonyl (C=O) groups excluding carboxylic acids is 2. The van der Waals surface area contributed by atoms with Crippen LogP contribution in [0.15, 0.2) is 24.3 Å². The van der Waals surface area contributed by atoms with Gasteiger partial charge < -0.3 is 10.1 Å². The number of pyridine rings is 1. The highest BCUT2D eigenvalue weighted by Crippen LogP contribution is 2.28. The van der Waals surface area contributed by atoms with Gasteiger partial charge in [-0.1, -0.05) is 0 Å². The van der Waals surface area contributed by atoms with Crippen molar-refractivity contribution < 1.29 is 23.1 Å². The Hall–Kier alpha value is -3.34. The fourth-order valence-corrected chi connectivity index (χ4v) is 2.17. The first-order chi connectivity index (χ1) is 11.9. The fourth-order valence-electron chi connectivity index (χ4n) is 2.17. The van der Waals surface area contributed by atoms with Crippen molar-refractivity contribution in [2.75, 3.05) is 13.7 Å². The van der Waals surface area contributed by atoms with Crippen LogP contribution in [0.25, 0.3) is 11.1 Å². The molecule has 1 aromatic carbocycles. The molecule has 2 rings (SSSR count). The Morgan fingerprint density at radius 2 is 2.00 bits per heavy atom. The lowest BCUT2D eigenvalue weighted by molar-refractivity contribution is -0.139. The molecule has 6 nitrogen and oxygen atoms in total. The number of nitriles is 1. The molecule has 1 aromatic heterocycles. The second-order valence-electron chi connectivity index (χ2n) is 5.01. The maximum atomic E-state index is 14.1. The first kappa shape index (κ1) is 18.0. The molecule has 1 N–H and O–H groups in total. The van der Waals surface area contributed by atoms with Gasteiger partial charge in [-0.2, -0.15) is 5.26 Å². The van der Waals surface area contributed by atoms with Crippen molar-refractivity contribution in [2.45, 2.75) is 6.92 Å². The molecule has 0 radical (unpaired) electrons. The highest BCUT2D eigenvalue weighted by molar-refractivity contribution is 5.96. The summed E-state index contributed by atoms with van der Waals surface area (Å²) >= 11 is 0. The van der Waals surface area contributed by atoms with Gasteiger partial charge in [-0.15, -0.1) is 0 Å². The van der Waals surface area contributed by atoms with Gasteiger partial charge in [0.1, 0.15) is 29.9 Å². The normalized spacial score (nSPS) is 10.0. The third-order valence-corrected chi connectivity index (χ3v) is 3.39. The summed E-state index contributed by atoms with van der Waals surface area (Å²) < 4.78 is 31.6. The minimum atomic E-state index is -0.872. The van der Waals surface area contributed by atoms with E-state index in [2.05, 4.69) is 15.0 Å². The molecule has 0 aliphatic heterocycles. The molecule has 0 saturated carbocycles. The number of nitrogens with one attached hydrogen (secondary N) is 1. The van der Waals surface area contributed by atoms with Gasteiger partial charge in [-0.25, -0.2) is 13.8 Å². The molecule has 0 saturated heterocycles. The van der Waals surface area contributed by atoms with Gasteiger partial charge in [-0.3, -0.25) is 9.59 Å². The van der Waals surface area contributed by atoms with Crippen LogP contribution in [0, 0.1) is 29.9 Å². The van der Waals surface area contributed by atoms with Crippen LogP contribution in [0.2, 0.25) is 0 Å². The van der Waals surface area contributed by atoms with Crippen LogP contribution in [0.3, 0.4) is 0 Å². The largest absolute Gasteiger partial charge is 0.468 e. The molecular formula is C17H13F2N3O3. The van der Waals surface area contributed by atoms with Crippen molar-refractivity contribution in [3.63, 3.8) is 0 Å². The monoisotopic (exact) mass is 345 g/mol. The Morgan fingerprint density at radius 3 is 2.60 bits per heavy atom. The number of halogens is 2. The lowest BCUT2D eigenvalue weighted by Crippen LogP contribution is -2.31. The first-order valence-corrected chi connectivity index (χ1v) is 7.09. The summed E-state index contributed by atoms with van der Waals surface area (Å²) in [4.78, 5) is 27.2. The van der Waals surface area contributed by atoms with Crippen LogP contribution >= 0.6 is 0 Å². The van der Waals surface area contributed by atoms with Crippen LogP contribution < -0.4 is 5.32 Å². The molecule has 2 aromatic rings. The first-order valence-electron chi connectivity index (χ1n) is 7.09. The predicted octanol–water partition coefficient (Wildman–Crippen LogP) is 2.11. The number of esters is 1. The van der Waals surface area contributed by atoms with Gasteiger partial charge in [-0.05, 0) is 25.1 Å². The highest BCUT2D eigenvalue weighted by atomic mass is 19.1. The Morgan fingerprint density at radius 1 is 1.28 bits per heavy atom. The lowest BCUT2D eigenvalue weighted by atomic mass is 9.98. The second kappa shape index (κ2) is 7.49. The maximum absolute atomic E-state index is 14.1. The second-order valence-corrected chi connectivity index (χ2v) is 5.01. The number of ether oxygens (including phenoxy) is 1. The van der Waals surface area contributed by atoms with E-state index in [0.29, 0.717) is 6.07 Å². The van der Waals surface area contributed by atoms with Crippen molar-refractivity contribution in [3.8, 4) is 17.2 Å². The topological polar surface area (TPSA) is 92.1 Å². The molecule has 0 aliphatic rings. The summed E-state index contributed by atoms with van der Waals surface area (Å²) in [5.74, 6) is -2.98. The fraction of sp³-hybridized carbons (Fsp3) is 0.176. The number of nitrogens with zero attached hydrogens (tertiary/aromatic N) is 2. The molecule has 0 aliphatic carbocycles. The Bertz CT molecular complexity index is 891. The van der Waals surface area contributed by atoms with Crippen molar-refractivity contribution in [1.29, 1.82) is 5.26 Å². The van der Waals surface area contributed by atoms with Crippen molar-refractivity contribution in [1.82, 2.24) is 10.3 Å². The van der Waals surface area contributed by atoms with E-state index >= 15 is 0 Å². The molecule has 0 unspecified atom stereocenters. The Labute approximate surface area is 142 Å². The quantitative estimate of drug-likeness (QED) is 0.857. The molecule has 0 bridgehead atoms. The van der Waals surface area contributed by atoms with E-state index in [1.165, 1.54) is 26.2 Å². The molecular weight excluding hydrogens is 332 g/mol. The van der Waals surface area contributed by atoms with Crippen LogP contribution in [0.1, 0.15) is 21.7 Å². The SMILES string of the molecule is COC(=O)CNC(=O)c1cc(-c2ccc(F)cc2F)c(C#N)c(C)n1. The summed E-state index contributed by atoms with van der Waals surface area (Å²) in [7, 11) is 1.17. The van der Waals surface area contributed by atoms with Crippen molar-refractivity contribution in [2.24, 2.45) is 0 Å². The van der Waals surface area contributed by atoms with Gasteiger partial charge >= 0.3 is 5.97 Å². The third-order valence-electron chi connectivity index (χ3n) is 3.39. The number of rotatable bonds is 4. The van der Waals surface area contributed by atoms with Gasteiger partial charge in [0.05, 0.1) is 18.4 Å². The summed E-state index contributed by atoms with van der Waals surface area (Å²) in [5.41, 5.74) is 0.224. The number of hydrogen-bond donors (Lipinski definition) is 1. The van der Waals surface area contributed by atoms with E-state index in [9.17, 15) is 23.6 Å². The van der Waals surface area contributed by atoms with Gasteiger partial charge in [0.2, 0.25) is 0 Å². The maximum Gasteiger partial charge on any atom is 0.325 e. The third kappa shape index (κ3) is 3.95. The van der Waals surface area contributed by atoms with Gasteiger partial charge in [0, 0.05) is 17.2 Å². The summed E-state index contributed by atoms with van der Waals surface area (Å²) in [6.45, 7) is 1.12. The number of carbonyl (C=O) groups is 2. The molecule has 25 heavy (non-hydrogen) atoms. The zero-order valence-corrected chi connectivity index (χ0v) is 13.4.